The Morgan fingerprint density at radius 1 is 1.03 bits per heavy atom. The number of amides is 1. The number of nitrogens with two attached hydrogens (primary N) is 1. The summed E-state index contributed by atoms with van der Waals surface area (Å²) in [7, 11) is 0. The van der Waals surface area contributed by atoms with Crippen LogP contribution in [0.25, 0.3) is 11.1 Å². The van der Waals surface area contributed by atoms with E-state index in [9.17, 15) is 23.1 Å². The smallest absolute Gasteiger partial charge is 0.389 e. The van der Waals surface area contributed by atoms with Crippen LogP contribution in [-0.2, 0) is 4.79 Å². The van der Waals surface area contributed by atoms with E-state index in [-0.39, 0.29) is 17.9 Å². The molecule has 0 radical (unpaired) electrons. The second-order valence-corrected chi connectivity index (χ2v) is 7.65. The SMILES string of the molecule is CC(C)C[C@H](N[C@@H](c1ccc(-c2cccc(C(C)O)c2)cc1)C(F)(F)F)C(N)=O. The summed E-state index contributed by atoms with van der Waals surface area (Å²) >= 11 is 0. The highest BCUT2D eigenvalue weighted by atomic mass is 19.4. The molecule has 4 N–H and O–H groups in total. The van der Waals surface area contributed by atoms with Gasteiger partial charge >= 0.3 is 6.18 Å². The zero-order chi connectivity index (χ0) is 21.8. The van der Waals surface area contributed by atoms with Crippen molar-refractivity contribution in [1.82, 2.24) is 5.32 Å². The third-order valence-corrected chi connectivity index (χ3v) is 4.69. The van der Waals surface area contributed by atoms with Crippen LogP contribution in [0.4, 0.5) is 13.2 Å². The van der Waals surface area contributed by atoms with Gasteiger partial charge in [0.15, 0.2) is 0 Å². The van der Waals surface area contributed by atoms with Crippen molar-refractivity contribution in [3.8, 4) is 11.1 Å². The van der Waals surface area contributed by atoms with Crippen LogP contribution in [0.3, 0.4) is 0 Å². The molecule has 0 aliphatic rings. The van der Waals surface area contributed by atoms with Crippen molar-refractivity contribution in [3.05, 3.63) is 59.7 Å². The number of carbonyl (C=O) groups is 1. The van der Waals surface area contributed by atoms with Gasteiger partial charge in [0.1, 0.15) is 6.04 Å². The second kappa shape index (κ2) is 9.41. The number of alkyl halides is 3. The lowest BCUT2D eigenvalue weighted by atomic mass is 9.97. The highest BCUT2D eigenvalue weighted by Gasteiger charge is 2.42. The molecule has 1 amide bonds. The maximum absolute atomic E-state index is 13.7. The predicted molar refractivity (Wildman–Crippen MR) is 107 cm³/mol. The monoisotopic (exact) mass is 408 g/mol. The van der Waals surface area contributed by atoms with Crippen LogP contribution in [0.15, 0.2) is 48.5 Å². The van der Waals surface area contributed by atoms with E-state index in [0.717, 1.165) is 16.7 Å². The summed E-state index contributed by atoms with van der Waals surface area (Å²) in [6.45, 7) is 5.28. The number of aliphatic hydroxyl groups is 1. The molecule has 7 heteroatoms. The number of rotatable bonds is 8. The first-order valence-corrected chi connectivity index (χ1v) is 9.49. The zero-order valence-electron chi connectivity index (χ0n) is 16.7. The van der Waals surface area contributed by atoms with E-state index in [1.807, 2.05) is 19.9 Å². The van der Waals surface area contributed by atoms with Crippen LogP contribution >= 0.6 is 0 Å². The minimum absolute atomic E-state index is 0.00272. The molecule has 0 saturated carbocycles. The second-order valence-electron chi connectivity index (χ2n) is 7.65. The Kier molecular flexibility index (Phi) is 7.43. The van der Waals surface area contributed by atoms with Gasteiger partial charge in [-0.3, -0.25) is 10.1 Å². The summed E-state index contributed by atoms with van der Waals surface area (Å²) in [6, 6.07) is 10.1. The zero-order valence-corrected chi connectivity index (χ0v) is 16.7. The Morgan fingerprint density at radius 2 is 1.66 bits per heavy atom. The van der Waals surface area contributed by atoms with Gasteiger partial charge in [0.2, 0.25) is 5.91 Å². The van der Waals surface area contributed by atoms with Crippen LogP contribution in [-0.4, -0.2) is 23.2 Å². The number of hydrogen-bond acceptors (Lipinski definition) is 3. The Balaban J connectivity index is 2.31. The molecule has 0 spiro atoms. The molecule has 0 heterocycles. The molecular weight excluding hydrogens is 381 g/mol. The van der Waals surface area contributed by atoms with Crippen LogP contribution in [0.2, 0.25) is 0 Å². The van der Waals surface area contributed by atoms with Crippen LogP contribution in [0.1, 0.15) is 50.5 Å². The van der Waals surface area contributed by atoms with E-state index in [4.69, 9.17) is 5.73 Å². The fraction of sp³-hybridized carbons (Fsp3) is 0.409. The molecule has 1 unspecified atom stereocenters. The van der Waals surface area contributed by atoms with Crippen LogP contribution < -0.4 is 11.1 Å². The molecule has 0 aliphatic heterocycles. The molecule has 0 aromatic heterocycles. The van der Waals surface area contributed by atoms with Crippen LogP contribution in [0, 0.1) is 5.92 Å². The van der Waals surface area contributed by atoms with Gasteiger partial charge < -0.3 is 10.8 Å². The molecule has 4 nitrogen and oxygen atoms in total. The minimum atomic E-state index is -4.58. The molecule has 2 aromatic carbocycles. The maximum atomic E-state index is 13.7. The van der Waals surface area contributed by atoms with Gasteiger partial charge in [0.25, 0.3) is 0 Å². The Labute approximate surface area is 168 Å². The van der Waals surface area contributed by atoms with Crippen molar-refractivity contribution in [1.29, 1.82) is 0 Å². The number of primary amides is 1. The Bertz CT molecular complexity index is 818. The number of halogens is 3. The molecule has 2 aromatic rings. The Hall–Kier alpha value is -2.38. The van der Waals surface area contributed by atoms with Crippen molar-refractivity contribution in [2.45, 2.75) is 51.6 Å². The molecule has 0 aliphatic carbocycles. The topological polar surface area (TPSA) is 75.3 Å². The minimum Gasteiger partial charge on any atom is -0.389 e. The molecule has 158 valence electrons. The molecule has 3 atom stereocenters. The predicted octanol–water partition coefficient (Wildman–Crippen LogP) is 4.50. The molecule has 29 heavy (non-hydrogen) atoms. The van der Waals surface area contributed by atoms with E-state index in [0.29, 0.717) is 0 Å². The summed E-state index contributed by atoms with van der Waals surface area (Å²) in [6.07, 6.45) is -5.01. The first-order valence-electron chi connectivity index (χ1n) is 9.49. The third kappa shape index (κ3) is 6.30. The first-order chi connectivity index (χ1) is 13.5. The third-order valence-electron chi connectivity index (χ3n) is 4.69. The van der Waals surface area contributed by atoms with Gasteiger partial charge in [-0.2, -0.15) is 13.2 Å². The van der Waals surface area contributed by atoms with E-state index < -0.39 is 30.3 Å². The summed E-state index contributed by atoms with van der Waals surface area (Å²) in [5.41, 5.74) is 7.55. The summed E-state index contributed by atoms with van der Waals surface area (Å²) < 4.78 is 41.1. The quantitative estimate of drug-likeness (QED) is 0.602. The lowest BCUT2D eigenvalue weighted by Crippen LogP contribution is -2.47. The van der Waals surface area contributed by atoms with Crippen molar-refractivity contribution >= 4 is 5.91 Å². The van der Waals surface area contributed by atoms with Crippen LogP contribution in [0.5, 0.6) is 0 Å². The van der Waals surface area contributed by atoms with Crippen molar-refractivity contribution in [2.24, 2.45) is 11.7 Å². The van der Waals surface area contributed by atoms with E-state index in [1.54, 1.807) is 37.3 Å². The van der Waals surface area contributed by atoms with Gasteiger partial charge in [0.05, 0.1) is 12.1 Å². The fourth-order valence-corrected chi connectivity index (χ4v) is 3.16. The van der Waals surface area contributed by atoms with E-state index >= 15 is 0 Å². The van der Waals surface area contributed by atoms with E-state index in [1.165, 1.54) is 12.1 Å². The summed E-state index contributed by atoms with van der Waals surface area (Å²) in [5, 5.41) is 12.1. The van der Waals surface area contributed by atoms with Crippen molar-refractivity contribution in [2.75, 3.05) is 0 Å². The van der Waals surface area contributed by atoms with Crippen molar-refractivity contribution in [3.63, 3.8) is 0 Å². The fourth-order valence-electron chi connectivity index (χ4n) is 3.16. The standard InChI is InChI=1S/C22H27F3N2O2/c1-13(2)11-19(21(26)29)27-20(22(23,24)25)16-9-7-15(8-10-16)18-6-4-5-17(12-18)14(3)28/h4-10,12-14,19-20,27-28H,11H2,1-3H3,(H2,26,29)/t14?,19-,20-/m0/s1. The number of nitrogens with one attached hydrogen (secondary N) is 1. The summed E-state index contributed by atoms with van der Waals surface area (Å²) in [5.74, 6) is -0.794. The normalized spacial score (nSPS) is 15.2. The van der Waals surface area contributed by atoms with Crippen molar-refractivity contribution < 1.29 is 23.1 Å². The average molecular weight is 408 g/mol. The molecule has 0 bridgehead atoms. The molecule has 0 fully saturated rings. The number of benzene rings is 2. The largest absolute Gasteiger partial charge is 0.407 e. The summed E-state index contributed by atoms with van der Waals surface area (Å²) in [4.78, 5) is 11.6. The highest BCUT2D eigenvalue weighted by Crippen LogP contribution is 2.34. The van der Waals surface area contributed by atoms with Gasteiger partial charge in [-0.05, 0) is 47.6 Å². The maximum Gasteiger partial charge on any atom is 0.407 e. The number of hydrogen-bond donors (Lipinski definition) is 3. The Morgan fingerprint density at radius 3 is 2.14 bits per heavy atom. The molecule has 0 saturated heterocycles. The first kappa shape index (κ1) is 22.9. The van der Waals surface area contributed by atoms with Gasteiger partial charge in [-0.1, -0.05) is 56.3 Å². The molecule has 2 rings (SSSR count). The lowest BCUT2D eigenvalue weighted by Gasteiger charge is -2.27. The number of carbonyl (C=O) groups excluding carboxylic acids is 1. The lowest BCUT2D eigenvalue weighted by molar-refractivity contribution is -0.160. The van der Waals surface area contributed by atoms with E-state index in [2.05, 4.69) is 5.32 Å². The molecular formula is C22H27F3N2O2. The highest BCUT2D eigenvalue weighted by molar-refractivity contribution is 5.80. The van der Waals surface area contributed by atoms with Gasteiger partial charge in [0, 0.05) is 0 Å². The van der Waals surface area contributed by atoms with Gasteiger partial charge in [-0.15, -0.1) is 0 Å². The average Bonchev–Trinajstić information content (AvgIpc) is 2.64. The van der Waals surface area contributed by atoms with Gasteiger partial charge in [-0.25, -0.2) is 0 Å². The number of aliphatic hydroxyl groups excluding tert-OH is 1.